The minimum absolute atomic E-state index is 0.0362. The number of benzene rings is 2. The molecule has 1 amide bonds. The number of halogens is 1. The van der Waals surface area contributed by atoms with Crippen LogP contribution in [0, 0.1) is 0 Å². The first-order valence-electron chi connectivity index (χ1n) is 8.62. The van der Waals surface area contributed by atoms with E-state index in [0.717, 1.165) is 16.7 Å². The standard InChI is InChI=1S/C20H22ClN3O2/c1-19(2)11-20(17(25)24(3)18(22)23-20)15-10-13(7-8-16(15)26-19)12-5-4-6-14(21)9-12/h4-10,18,23H,11,22H2,1-3H3/t18?,20-/m1/s1. The number of nitrogens with one attached hydrogen (secondary N) is 1. The number of carbonyl (C=O) groups excluding carboxylic acids is 1. The zero-order valence-corrected chi connectivity index (χ0v) is 15.8. The lowest BCUT2D eigenvalue weighted by atomic mass is 9.76. The van der Waals surface area contributed by atoms with E-state index in [9.17, 15) is 4.79 Å². The number of hydrogen-bond acceptors (Lipinski definition) is 4. The molecule has 136 valence electrons. The molecule has 3 N–H and O–H groups in total. The van der Waals surface area contributed by atoms with Gasteiger partial charge >= 0.3 is 0 Å². The highest BCUT2D eigenvalue weighted by Crippen LogP contribution is 2.47. The first kappa shape index (κ1) is 17.3. The van der Waals surface area contributed by atoms with E-state index < -0.39 is 17.4 Å². The molecule has 5 nitrogen and oxygen atoms in total. The Hall–Kier alpha value is -2.08. The van der Waals surface area contributed by atoms with E-state index in [-0.39, 0.29) is 5.91 Å². The van der Waals surface area contributed by atoms with Crippen molar-refractivity contribution in [1.29, 1.82) is 0 Å². The maximum absolute atomic E-state index is 13.2. The summed E-state index contributed by atoms with van der Waals surface area (Å²) in [6.45, 7) is 3.97. The van der Waals surface area contributed by atoms with Crippen LogP contribution in [0.25, 0.3) is 11.1 Å². The molecule has 2 aromatic rings. The zero-order chi connectivity index (χ0) is 18.7. The van der Waals surface area contributed by atoms with Crippen molar-refractivity contribution in [3.8, 4) is 16.9 Å². The fraction of sp³-hybridized carbons (Fsp3) is 0.350. The smallest absolute Gasteiger partial charge is 0.249 e. The van der Waals surface area contributed by atoms with Crippen molar-refractivity contribution >= 4 is 17.5 Å². The third kappa shape index (κ3) is 2.58. The van der Waals surface area contributed by atoms with Crippen LogP contribution in [-0.2, 0) is 10.3 Å². The van der Waals surface area contributed by atoms with Gasteiger partial charge in [0.15, 0.2) is 0 Å². The van der Waals surface area contributed by atoms with Crippen LogP contribution in [0.15, 0.2) is 42.5 Å². The van der Waals surface area contributed by atoms with Gasteiger partial charge in [-0.2, -0.15) is 0 Å². The molecule has 0 aliphatic carbocycles. The molecule has 1 fully saturated rings. The van der Waals surface area contributed by atoms with Gasteiger partial charge in [-0.3, -0.25) is 15.8 Å². The lowest BCUT2D eigenvalue weighted by Crippen LogP contribution is -2.54. The normalized spacial score (nSPS) is 26.7. The third-order valence-corrected chi connectivity index (χ3v) is 5.41. The lowest BCUT2D eigenvalue weighted by molar-refractivity contribution is -0.135. The van der Waals surface area contributed by atoms with E-state index in [4.69, 9.17) is 22.1 Å². The van der Waals surface area contributed by atoms with Crippen LogP contribution in [0.2, 0.25) is 5.02 Å². The number of amides is 1. The second kappa shape index (κ2) is 5.71. The van der Waals surface area contributed by atoms with Gasteiger partial charge in [0.25, 0.3) is 0 Å². The maximum atomic E-state index is 13.2. The number of fused-ring (bicyclic) bond motifs is 2. The fourth-order valence-corrected chi connectivity index (χ4v) is 4.22. The number of likely N-dealkylation sites (N-methyl/N-ethyl adjacent to an activating group) is 1. The molecular formula is C20H22ClN3O2. The van der Waals surface area contributed by atoms with Crippen molar-refractivity contribution in [2.75, 3.05) is 7.05 Å². The van der Waals surface area contributed by atoms with Crippen LogP contribution in [0.1, 0.15) is 25.8 Å². The van der Waals surface area contributed by atoms with Crippen LogP contribution < -0.4 is 15.8 Å². The summed E-state index contributed by atoms with van der Waals surface area (Å²) in [6, 6.07) is 13.6. The predicted octanol–water partition coefficient (Wildman–Crippen LogP) is 3.07. The molecule has 1 unspecified atom stereocenters. The van der Waals surface area contributed by atoms with E-state index in [1.807, 2.05) is 56.3 Å². The Bertz CT molecular complexity index is 898. The minimum atomic E-state index is -0.889. The molecule has 0 saturated carbocycles. The number of ether oxygens (including phenoxy) is 1. The largest absolute Gasteiger partial charge is 0.487 e. The summed E-state index contributed by atoms with van der Waals surface area (Å²) in [4.78, 5) is 14.7. The van der Waals surface area contributed by atoms with Crippen molar-refractivity contribution in [3.05, 3.63) is 53.1 Å². The highest BCUT2D eigenvalue weighted by Gasteiger charge is 2.56. The number of nitrogens with zero attached hydrogens (tertiary/aromatic N) is 1. The van der Waals surface area contributed by atoms with Gasteiger partial charge in [-0.15, -0.1) is 0 Å². The molecule has 0 bridgehead atoms. The second-order valence-corrected chi connectivity index (χ2v) is 8.11. The van der Waals surface area contributed by atoms with Gasteiger partial charge in [-0.1, -0.05) is 29.8 Å². The molecule has 2 aliphatic heterocycles. The molecule has 1 saturated heterocycles. The van der Waals surface area contributed by atoms with Gasteiger partial charge in [0.05, 0.1) is 0 Å². The van der Waals surface area contributed by atoms with E-state index >= 15 is 0 Å². The zero-order valence-electron chi connectivity index (χ0n) is 15.0. The van der Waals surface area contributed by atoms with Crippen LogP contribution >= 0.6 is 11.6 Å². The Morgan fingerprint density at radius 3 is 2.62 bits per heavy atom. The number of nitrogens with two attached hydrogens (primary N) is 1. The third-order valence-electron chi connectivity index (χ3n) is 5.17. The van der Waals surface area contributed by atoms with Gasteiger partial charge in [0.2, 0.25) is 5.91 Å². The maximum Gasteiger partial charge on any atom is 0.249 e. The van der Waals surface area contributed by atoms with Crippen LogP contribution in [-0.4, -0.2) is 29.7 Å². The van der Waals surface area contributed by atoms with Crippen molar-refractivity contribution in [2.45, 2.75) is 37.7 Å². The fourth-order valence-electron chi connectivity index (χ4n) is 4.03. The van der Waals surface area contributed by atoms with Crippen molar-refractivity contribution in [1.82, 2.24) is 10.2 Å². The van der Waals surface area contributed by atoms with E-state index in [1.54, 1.807) is 11.9 Å². The van der Waals surface area contributed by atoms with Crippen LogP contribution in [0.5, 0.6) is 5.75 Å². The van der Waals surface area contributed by atoms with E-state index in [2.05, 4.69) is 5.32 Å². The van der Waals surface area contributed by atoms with Gasteiger partial charge in [-0.25, -0.2) is 0 Å². The monoisotopic (exact) mass is 371 g/mol. The topological polar surface area (TPSA) is 67.6 Å². The SMILES string of the molecule is CN1C(=O)[C@]2(CC(C)(C)Oc3ccc(-c4cccc(Cl)c4)cc32)NC1N. The summed E-state index contributed by atoms with van der Waals surface area (Å²) in [5.41, 5.74) is 7.53. The summed E-state index contributed by atoms with van der Waals surface area (Å²) < 4.78 is 6.16. The molecular weight excluding hydrogens is 350 g/mol. The summed E-state index contributed by atoms with van der Waals surface area (Å²) in [7, 11) is 1.72. The molecule has 1 spiro atoms. The predicted molar refractivity (Wildman–Crippen MR) is 102 cm³/mol. The van der Waals surface area contributed by atoms with Crippen LogP contribution in [0.3, 0.4) is 0 Å². The van der Waals surface area contributed by atoms with Gasteiger partial charge in [-0.05, 0) is 49.2 Å². The van der Waals surface area contributed by atoms with E-state index in [1.165, 1.54) is 0 Å². The average Bonchev–Trinajstić information content (AvgIpc) is 2.78. The first-order chi connectivity index (χ1) is 12.2. The van der Waals surface area contributed by atoms with Crippen molar-refractivity contribution < 1.29 is 9.53 Å². The molecule has 2 heterocycles. The summed E-state index contributed by atoms with van der Waals surface area (Å²) in [5, 5.41) is 3.99. The number of hydrogen-bond donors (Lipinski definition) is 2. The van der Waals surface area contributed by atoms with E-state index in [0.29, 0.717) is 17.2 Å². The molecule has 4 rings (SSSR count). The van der Waals surface area contributed by atoms with Gasteiger partial charge < -0.3 is 9.64 Å². The van der Waals surface area contributed by atoms with Crippen LogP contribution in [0.4, 0.5) is 0 Å². The Kier molecular flexibility index (Phi) is 3.81. The molecule has 6 heteroatoms. The molecule has 0 aromatic heterocycles. The van der Waals surface area contributed by atoms with Crippen molar-refractivity contribution in [3.63, 3.8) is 0 Å². The quantitative estimate of drug-likeness (QED) is 0.808. The lowest BCUT2D eigenvalue weighted by Gasteiger charge is -2.43. The summed E-state index contributed by atoms with van der Waals surface area (Å²) in [6.07, 6.45) is -0.0258. The Morgan fingerprint density at radius 1 is 1.23 bits per heavy atom. The molecule has 0 radical (unpaired) electrons. The van der Waals surface area contributed by atoms with Gasteiger partial charge in [0.1, 0.15) is 23.2 Å². The summed E-state index contributed by atoms with van der Waals surface area (Å²) in [5.74, 6) is 0.668. The highest BCUT2D eigenvalue weighted by molar-refractivity contribution is 6.30. The van der Waals surface area contributed by atoms with Gasteiger partial charge in [0, 0.05) is 24.1 Å². The molecule has 2 aromatic carbocycles. The van der Waals surface area contributed by atoms with Crippen molar-refractivity contribution in [2.24, 2.45) is 5.73 Å². The first-order valence-corrected chi connectivity index (χ1v) is 9.00. The Labute approximate surface area is 158 Å². The second-order valence-electron chi connectivity index (χ2n) is 7.67. The molecule has 26 heavy (non-hydrogen) atoms. The molecule has 2 aliphatic rings. The summed E-state index contributed by atoms with van der Waals surface area (Å²) >= 11 is 6.14. The Morgan fingerprint density at radius 2 is 1.96 bits per heavy atom. The highest BCUT2D eigenvalue weighted by atomic mass is 35.5. The number of carbonyl (C=O) groups is 1. The average molecular weight is 372 g/mol. The molecule has 2 atom stereocenters. The Balaban J connectivity index is 1.90. The minimum Gasteiger partial charge on any atom is -0.487 e. The number of rotatable bonds is 1.